The van der Waals surface area contributed by atoms with Gasteiger partial charge in [-0.3, -0.25) is 9.69 Å². The molecule has 1 fully saturated rings. The number of aromatic nitrogens is 1. The molecule has 1 aromatic heterocycles. The first-order valence-electron chi connectivity index (χ1n) is 8.67. The standard InChI is InChI=1S/C18H25N3OS/c1-2-11-21-12-8-14(9-13-21)18(22)19-10-7-17-20-15-5-3-4-6-16(15)23-17/h1,14H,3-13H2,(H,19,22). The Kier molecular flexibility index (Phi) is 5.69. The lowest BCUT2D eigenvalue weighted by molar-refractivity contribution is -0.126. The summed E-state index contributed by atoms with van der Waals surface area (Å²) in [4.78, 5) is 20.7. The first kappa shape index (κ1) is 16.5. The third kappa shape index (κ3) is 4.33. The summed E-state index contributed by atoms with van der Waals surface area (Å²) in [5.41, 5.74) is 1.31. The molecule has 4 nitrogen and oxygen atoms in total. The molecule has 3 rings (SSSR count). The molecule has 124 valence electrons. The van der Waals surface area contributed by atoms with Crippen LogP contribution in [0.5, 0.6) is 0 Å². The number of carbonyl (C=O) groups is 1. The first-order valence-corrected chi connectivity index (χ1v) is 9.49. The Hall–Kier alpha value is -1.38. The monoisotopic (exact) mass is 331 g/mol. The van der Waals surface area contributed by atoms with Gasteiger partial charge in [-0.25, -0.2) is 4.98 Å². The molecule has 0 unspecified atom stereocenters. The third-order valence-electron chi connectivity index (χ3n) is 4.80. The molecule has 1 amide bonds. The van der Waals surface area contributed by atoms with Crippen LogP contribution >= 0.6 is 11.3 Å². The highest BCUT2D eigenvalue weighted by Crippen LogP contribution is 2.26. The van der Waals surface area contributed by atoms with Crippen LogP contribution in [0.15, 0.2) is 0 Å². The Morgan fingerprint density at radius 3 is 2.87 bits per heavy atom. The second-order valence-electron chi connectivity index (χ2n) is 6.48. The molecule has 5 heteroatoms. The number of rotatable bonds is 5. The van der Waals surface area contributed by atoms with Crippen LogP contribution in [0.1, 0.15) is 41.3 Å². The summed E-state index contributed by atoms with van der Waals surface area (Å²) in [5.74, 6) is 3.02. The van der Waals surface area contributed by atoms with Crippen molar-refractivity contribution in [3.05, 3.63) is 15.6 Å². The number of thiazole rings is 1. The van der Waals surface area contributed by atoms with E-state index >= 15 is 0 Å². The Labute approximate surface area is 142 Å². The Morgan fingerprint density at radius 2 is 2.13 bits per heavy atom. The minimum Gasteiger partial charge on any atom is -0.355 e. The van der Waals surface area contributed by atoms with Gasteiger partial charge in [-0.2, -0.15) is 0 Å². The van der Waals surface area contributed by atoms with E-state index in [9.17, 15) is 4.79 Å². The maximum atomic E-state index is 12.3. The number of hydrogen-bond donors (Lipinski definition) is 1. The summed E-state index contributed by atoms with van der Waals surface area (Å²) in [6.07, 6.45) is 12.9. The van der Waals surface area contributed by atoms with Crippen molar-refractivity contribution in [3.63, 3.8) is 0 Å². The highest BCUT2D eigenvalue weighted by molar-refractivity contribution is 7.11. The number of piperidine rings is 1. The largest absolute Gasteiger partial charge is 0.355 e. The molecule has 2 aliphatic rings. The second kappa shape index (κ2) is 7.94. The van der Waals surface area contributed by atoms with Crippen molar-refractivity contribution in [2.75, 3.05) is 26.2 Å². The Morgan fingerprint density at radius 1 is 1.35 bits per heavy atom. The van der Waals surface area contributed by atoms with Crippen LogP contribution in [0.2, 0.25) is 0 Å². The minimum absolute atomic E-state index is 0.147. The van der Waals surface area contributed by atoms with Crippen molar-refractivity contribution in [2.45, 2.75) is 44.9 Å². The van der Waals surface area contributed by atoms with Crippen molar-refractivity contribution >= 4 is 17.2 Å². The van der Waals surface area contributed by atoms with Gasteiger partial charge in [0.05, 0.1) is 17.2 Å². The molecule has 0 atom stereocenters. The summed E-state index contributed by atoms with van der Waals surface area (Å²) in [6, 6.07) is 0. The molecule has 1 aliphatic carbocycles. The average Bonchev–Trinajstić information content (AvgIpc) is 2.98. The highest BCUT2D eigenvalue weighted by Gasteiger charge is 2.24. The lowest BCUT2D eigenvalue weighted by Crippen LogP contribution is -2.41. The SMILES string of the molecule is C#CCN1CCC(C(=O)NCCc2nc3c(s2)CCCC3)CC1. The van der Waals surface area contributed by atoms with E-state index in [2.05, 4.69) is 16.1 Å². The second-order valence-corrected chi connectivity index (χ2v) is 7.65. The van der Waals surface area contributed by atoms with Gasteiger partial charge in [0.1, 0.15) is 0 Å². The van der Waals surface area contributed by atoms with Gasteiger partial charge in [-0.1, -0.05) is 5.92 Å². The first-order chi connectivity index (χ1) is 11.3. The molecule has 1 saturated heterocycles. The number of nitrogens with one attached hydrogen (secondary N) is 1. The van der Waals surface area contributed by atoms with E-state index in [-0.39, 0.29) is 11.8 Å². The fraction of sp³-hybridized carbons (Fsp3) is 0.667. The summed E-state index contributed by atoms with van der Waals surface area (Å²) < 4.78 is 0. The van der Waals surface area contributed by atoms with Gasteiger partial charge < -0.3 is 5.32 Å². The predicted molar refractivity (Wildman–Crippen MR) is 93.5 cm³/mol. The Balaban J connectivity index is 1.40. The maximum absolute atomic E-state index is 12.3. The Bertz CT molecular complexity index is 558. The topological polar surface area (TPSA) is 45.2 Å². The van der Waals surface area contributed by atoms with Crippen LogP contribution in [0.3, 0.4) is 0 Å². The fourth-order valence-electron chi connectivity index (χ4n) is 3.43. The predicted octanol–water partition coefficient (Wildman–Crippen LogP) is 2.03. The molecule has 0 saturated carbocycles. The number of amides is 1. The molecule has 0 bridgehead atoms. The van der Waals surface area contributed by atoms with Gasteiger partial charge in [0.15, 0.2) is 0 Å². The normalized spacial score (nSPS) is 19.1. The van der Waals surface area contributed by atoms with Crippen molar-refractivity contribution in [1.82, 2.24) is 15.2 Å². The van der Waals surface area contributed by atoms with Gasteiger partial charge in [0.2, 0.25) is 5.91 Å². The molecular formula is C18H25N3OS. The number of hydrogen-bond acceptors (Lipinski definition) is 4. The van der Waals surface area contributed by atoms with Crippen molar-refractivity contribution in [2.24, 2.45) is 5.92 Å². The molecule has 1 aliphatic heterocycles. The van der Waals surface area contributed by atoms with E-state index in [1.54, 1.807) is 0 Å². The zero-order chi connectivity index (χ0) is 16.1. The van der Waals surface area contributed by atoms with Gasteiger partial charge >= 0.3 is 0 Å². The van der Waals surface area contributed by atoms with E-state index in [4.69, 9.17) is 11.4 Å². The smallest absolute Gasteiger partial charge is 0.223 e. The lowest BCUT2D eigenvalue weighted by Gasteiger charge is -2.29. The van der Waals surface area contributed by atoms with E-state index in [0.29, 0.717) is 13.1 Å². The van der Waals surface area contributed by atoms with Crippen molar-refractivity contribution in [1.29, 1.82) is 0 Å². The molecule has 1 aromatic rings. The zero-order valence-electron chi connectivity index (χ0n) is 13.6. The fourth-order valence-corrected chi connectivity index (χ4v) is 4.59. The number of carbonyl (C=O) groups excluding carboxylic acids is 1. The summed E-state index contributed by atoms with van der Waals surface area (Å²) in [5, 5.41) is 4.28. The molecule has 0 radical (unpaired) electrons. The van der Waals surface area contributed by atoms with Crippen LogP contribution in [0.25, 0.3) is 0 Å². The number of nitrogens with zero attached hydrogens (tertiary/aromatic N) is 2. The van der Waals surface area contributed by atoms with Gasteiger partial charge in [0.25, 0.3) is 0 Å². The molecule has 23 heavy (non-hydrogen) atoms. The maximum Gasteiger partial charge on any atom is 0.223 e. The van der Waals surface area contributed by atoms with E-state index in [1.807, 2.05) is 11.3 Å². The molecule has 1 N–H and O–H groups in total. The van der Waals surface area contributed by atoms with E-state index < -0.39 is 0 Å². The lowest BCUT2D eigenvalue weighted by atomic mass is 9.96. The van der Waals surface area contributed by atoms with Crippen LogP contribution in [0.4, 0.5) is 0 Å². The molecular weight excluding hydrogens is 306 g/mol. The van der Waals surface area contributed by atoms with Crippen molar-refractivity contribution < 1.29 is 4.79 Å². The molecule has 2 heterocycles. The van der Waals surface area contributed by atoms with Gasteiger partial charge in [-0.15, -0.1) is 17.8 Å². The average molecular weight is 331 g/mol. The number of fused-ring (bicyclic) bond motifs is 1. The number of aryl methyl sites for hydroxylation is 2. The van der Waals surface area contributed by atoms with Gasteiger partial charge in [0, 0.05) is 23.8 Å². The summed E-state index contributed by atoms with van der Waals surface area (Å²) in [6.45, 7) is 3.27. The summed E-state index contributed by atoms with van der Waals surface area (Å²) >= 11 is 1.84. The van der Waals surface area contributed by atoms with Crippen LogP contribution < -0.4 is 5.32 Å². The van der Waals surface area contributed by atoms with E-state index in [1.165, 1.54) is 34.8 Å². The third-order valence-corrected chi connectivity index (χ3v) is 6.02. The number of likely N-dealkylation sites (tertiary alicyclic amines) is 1. The van der Waals surface area contributed by atoms with Crippen molar-refractivity contribution in [3.8, 4) is 12.3 Å². The summed E-state index contributed by atoms with van der Waals surface area (Å²) in [7, 11) is 0. The quantitative estimate of drug-likeness (QED) is 0.840. The highest BCUT2D eigenvalue weighted by atomic mass is 32.1. The van der Waals surface area contributed by atoms with Gasteiger partial charge in [-0.05, 0) is 51.6 Å². The molecule has 0 spiro atoms. The van der Waals surface area contributed by atoms with Crippen LogP contribution in [0, 0.1) is 18.3 Å². The van der Waals surface area contributed by atoms with Crippen LogP contribution in [-0.2, 0) is 24.1 Å². The van der Waals surface area contributed by atoms with E-state index in [0.717, 1.165) is 38.8 Å². The minimum atomic E-state index is 0.147. The van der Waals surface area contributed by atoms with Crippen LogP contribution in [-0.4, -0.2) is 42.0 Å². The number of terminal acetylenes is 1. The zero-order valence-corrected chi connectivity index (χ0v) is 14.5. The molecule has 0 aromatic carbocycles.